The summed E-state index contributed by atoms with van der Waals surface area (Å²) >= 11 is 0. The third-order valence-corrected chi connectivity index (χ3v) is 6.77. The summed E-state index contributed by atoms with van der Waals surface area (Å²) in [4.78, 5) is 0. The highest BCUT2D eigenvalue weighted by molar-refractivity contribution is 6.76. The molecule has 0 aromatic rings. The number of hydrogen-bond donors (Lipinski definition) is 0. The van der Waals surface area contributed by atoms with E-state index in [1.165, 1.54) is 50.6 Å². The number of hydrogen-bond acceptors (Lipinski definition) is 0. The van der Waals surface area contributed by atoms with Gasteiger partial charge in [0.15, 0.2) is 0 Å². The summed E-state index contributed by atoms with van der Waals surface area (Å²) in [5.74, 6) is 0. The molecule has 0 radical (unpaired) electrons. The number of allylic oxidation sites excluding steroid dienone is 4. The molecule has 22 heavy (non-hydrogen) atoms. The highest BCUT2D eigenvalue weighted by Gasteiger charge is 2.13. The lowest BCUT2D eigenvalue weighted by molar-refractivity contribution is 0.770. The molecule has 2 heteroatoms. The second-order valence-corrected chi connectivity index (χ2v) is 20.3. The third kappa shape index (κ3) is 13.6. The van der Waals surface area contributed by atoms with E-state index in [0.717, 1.165) is 0 Å². The van der Waals surface area contributed by atoms with Gasteiger partial charge in [0, 0.05) is 16.1 Å². The highest BCUT2D eigenvalue weighted by atomic mass is 28.3. The maximum atomic E-state index is 2.60. The number of rotatable bonds is 11. The maximum absolute atomic E-state index is 2.60. The predicted octanol–water partition coefficient (Wildman–Crippen LogP) is 7.90. The zero-order valence-electron chi connectivity index (χ0n) is 16.8. The van der Waals surface area contributed by atoms with Gasteiger partial charge >= 0.3 is 0 Å². The summed E-state index contributed by atoms with van der Waals surface area (Å²) < 4.78 is 0. The molecule has 0 unspecified atom stereocenters. The van der Waals surface area contributed by atoms with E-state index in [2.05, 4.69) is 65.3 Å². The van der Waals surface area contributed by atoms with Crippen LogP contribution in [-0.4, -0.2) is 16.1 Å². The SMILES string of the molecule is CCCC(=CC[Si](C)(C)C)CCC(=CC[Si](C)(C)C)CCC. The Labute approximate surface area is 143 Å². The van der Waals surface area contributed by atoms with Crippen molar-refractivity contribution in [2.75, 3.05) is 0 Å². The van der Waals surface area contributed by atoms with Crippen molar-refractivity contribution in [1.82, 2.24) is 0 Å². The van der Waals surface area contributed by atoms with Gasteiger partial charge in [0.2, 0.25) is 0 Å². The van der Waals surface area contributed by atoms with Crippen LogP contribution in [0.15, 0.2) is 23.3 Å². The van der Waals surface area contributed by atoms with Gasteiger partial charge in [0.1, 0.15) is 0 Å². The van der Waals surface area contributed by atoms with E-state index in [1.807, 2.05) is 0 Å². The molecule has 0 amide bonds. The molecule has 0 aliphatic rings. The summed E-state index contributed by atoms with van der Waals surface area (Å²) in [5, 5.41) is 0. The van der Waals surface area contributed by atoms with Crippen LogP contribution in [0.1, 0.15) is 52.4 Å². The fourth-order valence-corrected chi connectivity index (χ4v) is 4.32. The lowest BCUT2D eigenvalue weighted by atomic mass is 9.98. The Kier molecular flexibility index (Phi) is 10.6. The van der Waals surface area contributed by atoms with Gasteiger partial charge in [0.25, 0.3) is 0 Å². The Morgan fingerprint density at radius 3 is 1.14 bits per heavy atom. The van der Waals surface area contributed by atoms with E-state index in [9.17, 15) is 0 Å². The Morgan fingerprint density at radius 2 is 0.909 bits per heavy atom. The van der Waals surface area contributed by atoms with Crippen LogP contribution in [0.3, 0.4) is 0 Å². The lowest BCUT2D eigenvalue weighted by Gasteiger charge is -2.16. The largest absolute Gasteiger partial charge is 0.0880 e. The molecule has 0 atom stereocenters. The predicted molar refractivity (Wildman–Crippen MR) is 112 cm³/mol. The summed E-state index contributed by atoms with van der Waals surface area (Å²) in [7, 11) is -1.89. The standard InChI is InChI=1S/C20H42Si2/c1-9-11-19(15-17-21(3,4)5)13-14-20(12-10-2)16-18-22(6,7)8/h15-16H,9-14,17-18H2,1-8H3. The smallest absolute Gasteiger partial charge is 0.0480 e. The maximum Gasteiger partial charge on any atom is 0.0480 e. The van der Waals surface area contributed by atoms with Crippen molar-refractivity contribution >= 4 is 16.1 Å². The molecule has 0 spiro atoms. The monoisotopic (exact) mass is 338 g/mol. The van der Waals surface area contributed by atoms with Gasteiger partial charge in [-0.2, -0.15) is 0 Å². The van der Waals surface area contributed by atoms with Crippen LogP contribution in [-0.2, 0) is 0 Å². The molecular formula is C20H42Si2. The molecule has 0 aliphatic carbocycles. The van der Waals surface area contributed by atoms with Crippen molar-refractivity contribution in [2.45, 2.75) is 104 Å². The van der Waals surface area contributed by atoms with Crippen LogP contribution >= 0.6 is 0 Å². The van der Waals surface area contributed by atoms with E-state index >= 15 is 0 Å². The van der Waals surface area contributed by atoms with E-state index in [-0.39, 0.29) is 0 Å². The summed E-state index contributed by atoms with van der Waals surface area (Å²) in [5.41, 5.74) is 3.44. The minimum atomic E-state index is -0.946. The summed E-state index contributed by atoms with van der Waals surface area (Å²) in [6.07, 6.45) is 13.0. The Balaban J connectivity index is 4.69. The molecule has 0 saturated heterocycles. The molecule has 0 bridgehead atoms. The van der Waals surface area contributed by atoms with Crippen molar-refractivity contribution in [3.05, 3.63) is 23.3 Å². The molecule has 0 heterocycles. The highest BCUT2D eigenvalue weighted by Crippen LogP contribution is 2.23. The van der Waals surface area contributed by atoms with Crippen LogP contribution in [0.25, 0.3) is 0 Å². The molecule has 0 rings (SSSR count). The third-order valence-electron chi connectivity index (χ3n) is 3.92. The molecular weight excluding hydrogens is 296 g/mol. The minimum absolute atomic E-state index is 0.946. The van der Waals surface area contributed by atoms with Crippen LogP contribution in [0.2, 0.25) is 51.4 Å². The van der Waals surface area contributed by atoms with Crippen molar-refractivity contribution in [3.63, 3.8) is 0 Å². The van der Waals surface area contributed by atoms with Crippen molar-refractivity contribution in [1.29, 1.82) is 0 Å². The fraction of sp³-hybridized carbons (Fsp3) is 0.800. The molecule has 0 N–H and O–H groups in total. The quantitative estimate of drug-likeness (QED) is 0.265. The van der Waals surface area contributed by atoms with Crippen LogP contribution in [0.5, 0.6) is 0 Å². The van der Waals surface area contributed by atoms with Crippen molar-refractivity contribution < 1.29 is 0 Å². The van der Waals surface area contributed by atoms with E-state index in [0.29, 0.717) is 0 Å². The zero-order chi connectivity index (χ0) is 17.2. The van der Waals surface area contributed by atoms with Gasteiger partial charge in [0.05, 0.1) is 0 Å². The first-order chi connectivity index (χ1) is 10.1. The minimum Gasteiger partial charge on any atom is -0.0880 e. The van der Waals surface area contributed by atoms with Gasteiger partial charge < -0.3 is 0 Å². The lowest BCUT2D eigenvalue weighted by Crippen LogP contribution is -2.18. The normalized spacial score (nSPS) is 14.5. The fourth-order valence-electron chi connectivity index (χ4n) is 2.52. The molecule has 0 aromatic heterocycles. The first-order valence-electron chi connectivity index (χ1n) is 9.43. The van der Waals surface area contributed by atoms with Crippen molar-refractivity contribution in [3.8, 4) is 0 Å². The van der Waals surface area contributed by atoms with Gasteiger partial charge in [-0.1, -0.05) is 89.3 Å². The van der Waals surface area contributed by atoms with E-state index in [1.54, 1.807) is 11.1 Å². The van der Waals surface area contributed by atoms with Gasteiger partial charge in [-0.3, -0.25) is 0 Å². The second kappa shape index (κ2) is 10.6. The molecule has 0 aromatic carbocycles. The summed E-state index contributed by atoms with van der Waals surface area (Å²) in [6.45, 7) is 19.5. The average Bonchev–Trinajstić information content (AvgIpc) is 2.36. The van der Waals surface area contributed by atoms with Gasteiger partial charge in [-0.05, 0) is 37.8 Å². The summed E-state index contributed by atoms with van der Waals surface area (Å²) in [6, 6.07) is 2.70. The molecule has 0 nitrogen and oxygen atoms in total. The van der Waals surface area contributed by atoms with E-state index < -0.39 is 16.1 Å². The second-order valence-electron chi connectivity index (χ2n) is 9.25. The average molecular weight is 339 g/mol. The van der Waals surface area contributed by atoms with Crippen LogP contribution < -0.4 is 0 Å². The van der Waals surface area contributed by atoms with Gasteiger partial charge in [-0.25, -0.2) is 0 Å². The molecule has 0 saturated carbocycles. The first kappa shape index (κ1) is 21.9. The topological polar surface area (TPSA) is 0 Å². The van der Waals surface area contributed by atoms with Crippen LogP contribution in [0.4, 0.5) is 0 Å². The van der Waals surface area contributed by atoms with Crippen LogP contribution in [0, 0.1) is 0 Å². The molecule has 0 aliphatic heterocycles. The Morgan fingerprint density at radius 1 is 0.591 bits per heavy atom. The van der Waals surface area contributed by atoms with Crippen molar-refractivity contribution in [2.24, 2.45) is 0 Å². The van der Waals surface area contributed by atoms with Gasteiger partial charge in [-0.15, -0.1) is 0 Å². The Hall–Kier alpha value is -0.0862. The zero-order valence-corrected chi connectivity index (χ0v) is 18.8. The first-order valence-corrected chi connectivity index (χ1v) is 16.8. The Bertz CT molecular complexity index is 315. The van der Waals surface area contributed by atoms with E-state index in [4.69, 9.17) is 0 Å². The molecule has 0 fully saturated rings. The molecule has 130 valence electrons.